The zero-order chi connectivity index (χ0) is 20.5. The van der Waals surface area contributed by atoms with Crippen molar-refractivity contribution in [3.05, 3.63) is 41.5 Å². The number of aromatic nitrogens is 2. The molecule has 1 unspecified atom stereocenters. The van der Waals surface area contributed by atoms with Crippen LogP contribution in [0.15, 0.2) is 33.8 Å². The van der Waals surface area contributed by atoms with E-state index in [1.54, 1.807) is 7.11 Å². The highest BCUT2D eigenvalue weighted by Gasteiger charge is 2.23. The van der Waals surface area contributed by atoms with Gasteiger partial charge in [0.2, 0.25) is 5.89 Å². The number of methoxy groups -OCH3 is 1. The van der Waals surface area contributed by atoms with Crippen LogP contribution in [0.5, 0.6) is 5.75 Å². The number of aliphatic imine (C=N–C) groups is 1. The minimum absolute atomic E-state index is 0. The molecule has 0 radical (unpaired) electrons. The number of benzene rings is 1. The Balaban J connectivity index is 0.00000320. The first-order valence-electron chi connectivity index (χ1n) is 10.4. The lowest BCUT2D eigenvalue weighted by Crippen LogP contribution is -2.39. The fourth-order valence-corrected chi connectivity index (χ4v) is 3.56. The van der Waals surface area contributed by atoms with E-state index in [1.807, 2.05) is 19.1 Å². The van der Waals surface area contributed by atoms with Gasteiger partial charge in [-0.1, -0.05) is 17.3 Å². The third kappa shape index (κ3) is 7.12. The molecule has 166 valence electrons. The molecule has 0 aliphatic carbocycles. The van der Waals surface area contributed by atoms with Crippen LogP contribution in [-0.2, 0) is 6.42 Å². The van der Waals surface area contributed by atoms with E-state index < -0.39 is 0 Å². The van der Waals surface area contributed by atoms with Gasteiger partial charge >= 0.3 is 0 Å². The summed E-state index contributed by atoms with van der Waals surface area (Å²) in [5.41, 5.74) is 1.27. The topological polar surface area (TPSA) is 87.8 Å². The first-order valence-corrected chi connectivity index (χ1v) is 10.4. The van der Waals surface area contributed by atoms with E-state index in [-0.39, 0.29) is 30.0 Å². The van der Waals surface area contributed by atoms with Crippen LogP contribution >= 0.6 is 24.0 Å². The van der Waals surface area contributed by atoms with Gasteiger partial charge in [0.15, 0.2) is 11.8 Å². The van der Waals surface area contributed by atoms with Crippen molar-refractivity contribution in [3.63, 3.8) is 0 Å². The molecule has 0 amide bonds. The molecule has 1 saturated heterocycles. The SMILES string of the molecule is CCNC(=NCC(c1ccc(OC)cc1)N1CCCC1)NCCc1nc(C)no1.I. The van der Waals surface area contributed by atoms with Crippen LogP contribution in [0, 0.1) is 6.92 Å². The molecular weight excluding hydrogens is 495 g/mol. The Morgan fingerprint density at radius 3 is 2.57 bits per heavy atom. The third-order valence-corrected chi connectivity index (χ3v) is 5.05. The van der Waals surface area contributed by atoms with Crippen molar-refractivity contribution in [3.8, 4) is 5.75 Å². The molecule has 9 heteroatoms. The second-order valence-corrected chi connectivity index (χ2v) is 7.16. The van der Waals surface area contributed by atoms with Crippen LogP contribution in [-0.4, -0.2) is 60.8 Å². The number of nitrogens with zero attached hydrogens (tertiary/aromatic N) is 4. The summed E-state index contributed by atoms with van der Waals surface area (Å²) in [5.74, 6) is 2.98. The highest BCUT2D eigenvalue weighted by molar-refractivity contribution is 14.0. The summed E-state index contributed by atoms with van der Waals surface area (Å²) in [6, 6.07) is 8.61. The summed E-state index contributed by atoms with van der Waals surface area (Å²) in [4.78, 5) is 11.6. The summed E-state index contributed by atoms with van der Waals surface area (Å²) >= 11 is 0. The van der Waals surface area contributed by atoms with E-state index in [4.69, 9.17) is 14.3 Å². The number of nitrogens with one attached hydrogen (secondary N) is 2. The molecule has 8 nitrogen and oxygen atoms in total. The normalized spacial score (nSPS) is 15.5. The second kappa shape index (κ2) is 12.7. The van der Waals surface area contributed by atoms with Crippen LogP contribution in [0.2, 0.25) is 0 Å². The molecule has 1 aromatic heterocycles. The summed E-state index contributed by atoms with van der Waals surface area (Å²) in [6.07, 6.45) is 3.16. The van der Waals surface area contributed by atoms with E-state index in [2.05, 4.69) is 44.7 Å². The van der Waals surface area contributed by atoms with Gasteiger partial charge in [-0.25, -0.2) is 0 Å². The Kier molecular flexibility index (Phi) is 10.4. The van der Waals surface area contributed by atoms with Gasteiger partial charge in [0, 0.05) is 19.5 Å². The van der Waals surface area contributed by atoms with Gasteiger partial charge in [-0.3, -0.25) is 9.89 Å². The smallest absolute Gasteiger partial charge is 0.228 e. The molecule has 0 saturated carbocycles. The van der Waals surface area contributed by atoms with Crippen molar-refractivity contribution in [1.29, 1.82) is 0 Å². The molecular formula is C21H33IN6O2. The zero-order valence-corrected chi connectivity index (χ0v) is 20.4. The van der Waals surface area contributed by atoms with E-state index in [9.17, 15) is 0 Å². The van der Waals surface area contributed by atoms with Crippen molar-refractivity contribution < 1.29 is 9.26 Å². The summed E-state index contributed by atoms with van der Waals surface area (Å²) in [5, 5.41) is 10.5. The average molecular weight is 528 g/mol. The van der Waals surface area contributed by atoms with Gasteiger partial charge in [-0.15, -0.1) is 24.0 Å². The van der Waals surface area contributed by atoms with Crippen molar-refractivity contribution in [2.45, 2.75) is 39.2 Å². The van der Waals surface area contributed by atoms with Crippen LogP contribution in [0.3, 0.4) is 0 Å². The highest BCUT2D eigenvalue weighted by atomic mass is 127. The largest absolute Gasteiger partial charge is 0.497 e. The fourth-order valence-electron chi connectivity index (χ4n) is 3.56. The summed E-state index contributed by atoms with van der Waals surface area (Å²) < 4.78 is 10.5. The Morgan fingerprint density at radius 1 is 1.23 bits per heavy atom. The highest BCUT2D eigenvalue weighted by Crippen LogP contribution is 2.27. The number of guanidine groups is 1. The van der Waals surface area contributed by atoms with E-state index in [1.165, 1.54) is 18.4 Å². The molecule has 1 aliphatic heterocycles. The molecule has 2 N–H and O–H groups in total. The summed E-state index contributed by atoms with van der Waals surface area (Å²) in [7, 11) is 1.70. The Morgan fingerprint density at radius 2 is 1.97 bits per heavy atom. The maximum atomic E-state index is 5.31. The zero-order valence-electron chi connectivity index (χ0n) is 18.1. The number of halogens is 1. The van der Waals surface area contributed by atoms with E-state index in [0.29, 0.717) is 31.2 Å². The minimum Gasteiger partial charge on any atom is -0.497 e. The number of likely N-dealkylation sites (tertiary alicyclic amines) is 1. The summed E-state index contributed by atoms with van der Waals surface area (Å²) in [6.45, 7) is 8.32. The number of ether oxygens (including phenoxy) is 1. The first-order chi connectivity index (χ1) is 14.2. The maximum absolute atomic E-state index is 5.31. The first kappa shape index (κ1) is 24.4. The molecule has 0 spiro atoms. The number of rotatable bonds is 9. The average Bonchev–Trinajstić information content (AvgIpc) is 3.41. The monoisotopic (exact) mass is 528 g/mol. The Hall–Kier alpha value is -1.88. The van der Waals surface area contributed by atoms with Gasteiger partial charge in [-0.2, -0.15) is 4.98 Å². The lowest BCUT2D eigenvalue weighted by Gasteiger charge is -2.27. The molecule has 3 rings (SSSR count). The van der Waals surface area contributed by atoms with Gasteiger partial charge in [0.05, 0.1) is 19.7 Å². The minimum atomic E-state index is 0. The van der Waals surface area contributed by atoms with Gasteiger partial charge < -0.3 is 19.9 Å². The molecule has 1 atom stereocenters. The van der Waals surface area contributed by atoms with Crippen molar-refractivity contribution in [2.75, 3.05) is 39.8 Å². The van der Waals surface area contributed by atoms with Crippen molar-refractivity contribution in [1.82, 2.24) is 25.7 Å². The van der Waals surface area contributed by atoms with Gasteiger partial charge in [-0.05, 0) is 57.5 Å². The molecule has 2 aromatic rings. The van der Waals surface area contributed by atoms with Crippen LogP contribution < -0.4 is 15.4 Å². The molecule has 2 heterocycles. The standard InChI is InChI=1S/C21H32N6O2.HI/c1-4-22-21(23-12-11-20-25-16(2)26-29-20)24-15-19(27-13-5-6-14-27)17-7-9-18(28-3)10-8-17;/h7-10,19H,4-6,11-15H2,1-3H3,(H2,22,23,24);1H. The predicted octanol–water partition coefficient (Wildman–Crippen LogP) is 2.94. The van der Waals surface area contributed by atoms with E-state index >= 15 is 0 Å². The van der Waals surface area contributed by atoms with Crippen LogP contribution in [0.4, 0.5) is 0 Å². The Labute approximate surface area is 195 Å². The molecule has 1 aliphatic rings. The van der Waals surface area contributed by atoms with Crippen molar-refractivity contribution in [2.24, 2.45) is 4.99 Å². The second-order valence-electron chi connectivity index (χ2n) is 7.16. The molecule has 30 heavy (non-hydrogen) atoms. The predicted molar refractivity (Wildman–Crippen MR) is 129 cm³/mol. The van der Waals surface area contributed by atoms with Gasteiger partial charge in [0.1, 0.15) is 5.75 Å². The molecule has 0 bridgehead atoms. The fraction of sp³-hybridized carbons (Fsp3) is 0.571. The number of aryl methyl sites for hydroxylation is 1. The number of hydrogen-bond donors (Lipinski definition) is 2. The maximum Gasteiger partial charge on any atom is 0.228 e. The molecule has 1 fully saturated rings. The van der Waals surface area contributed by atoms with Crippen LogP contribution in [0.1, 0.15) is 43.1 Å². The number of hydrogen-bond acceptors (Lipinski definition) is 6. The molecule has 1 aromatic carbocycles. The quantitative estimate of drug-likeness (QED) is 0.294. The van der Waals surface area contributed by atoms with Crippen molar-refractivity contribution >= 4 is 29.9 Å². The lowest BCUT2D eigenvalue weighted by molar-refractivity contribution is 0.251. The van der Waals surface area contributed by atoms with E-state index in [0.717, 1.165) is 31.3 Å². The third-order valence-electron chi connectivity index (χ3n) is 5.05. The Bertz CT molecular complexity index is 774. The van der Waals surface area contributed by atoms with Crippen LogP contribution in [0.25, 0.3) is 0 Å². The lowest BCUT2D eigenvalue weighted by atomic mass is 10.1. The van der Waals surface area contributed by atoms with Gasteiger partial charge in [0.25, 0.3) is 0 Å².